The number of hydrogen-bond donors (Lipinski definition) is 1. The number of nitro groups is 1. The van der Waals surface area contributed by atoms with E-state index in [1.54, 1.807) is 24.3 Å². The average molecular weight is 555 g/mol. The lowest BCUT2D eigenvalue weighted by atomic mass is 10.1. The number of nitro benzene ring substituents is 1. The van der Waals surface area contributed by atoms with E-state index in [1.807, 2.05) is 16.5 Å². The van der Waals surface area contributed by atoms with Crippen molar-refractivity contribution in [2.75, 3.05) is 31.1 Å². The quantitative estimate of drug-likeness (QED) is 0.233. The van der Waals surface area contributed by atoms with Gasteiger partial charge in [-0.2, -0.15) is 0 Å². The largest absolute Gasteiger partial charge is 0.369 e. The van der Waals surface area contributed by atoms with Gasteiger partial charge in [0.05, 0.1) is 9.82 Å². The summed E-state index contributed by atoms with van der Waals surface area (Å²) in [4.78, 5) is 28.5. The summed E-state index contributed by atoms with van der Waals surface area (Å²) >= 11 is 1.88. The number of hydrogen-bond acceptors (Lipinski definition) is 8. The smallest absolute Gasteiger partial charge is 0.270 e. The molecule has 3 aromatic rings. The van der Waals surface area contributed by atoms with Gasteiger partial charge in [-0.15, -0.1) is 11.8 Å². The third-order valence-corrected chi connectivity index (χ3v) is 8.61. The molecule has 0 bridgehead atoms. The van der Waals surface area contributed by atoms with Crippen LogP contribution < -0.4 is 9.62 Å². The Morgan fingerprint density at radius 1 is 1.00 bits per heavy atom. The van der Waals surface area contributed by atoms with Crippen molar-refractivity contribution in [2.24, 2.45) is 0 Å². The van der Waals surface area contributed by atoms with E-state index in [0.29, 0.717) is 5.25 Å². The maximum atomic E-state index is 12.6. The first-order chi connectivity index (χ1) is 18.1. The van der Waals surface area contributed by atoms with Gasteiger partial charge in [-0.25, -0.2) is 13.1 Å². The van der Waals surface area contributed by atoms with Crippen LogP contribution in [0.2, 0.25) is 0 Å². The van der Waals surface area contributed by atoms with Crippen LogP contribution in [-0.2, 0) is 16.6 Å². The molecule has 1 heterocycles. The maximum absolute atomic E-state index is 12.6. The molecular weight excluding hydrogens is 524 g/mol. The maximum Gasteiger partial charge on any atom is 0.270 e. The topological polar surface area (TPSA) is 113 Å². The van der Waals surface area contributed by atoms with Crippen LogP contribution in [0.4, 0.5) is 11.4 Å². The number of nitrogens with zero attached hydrogens (tertiary/aromatic N) is 3. The number of carbonyl (C=O) groups is 1. The molecule has 1 saturated heterocycles. The van der Waals surface area contributed by atoms with E-state index in [0.717, 1.165) is 44.5 Å². The highest BCUT2D eigenvalue weighted by atomic mass is 32.2. The zero-order valence-corrected chi connectivity index (χ0v) is 22.9. The predicted molar refractivity (Wildman–Crippen MR) is 149 cm³/mol. The summed E-state index contributed by atoms with van der Waals surface area (Å²) in [6.45, 7) is 8.80. The number of sulfonamides is 1. The lowest BCUT2D eigenvalue weighted by Crippen LogP contribution is -2.46. The molecule has 0 aromatic heterocycles. The third-order valence-electron chi connectivity index (χ3n) is 6.16. The van der Waals surface area contributed by atoms with Crippen molar-refractivity contribution in [3.63, 3.8) is 0 Å². The fraction of sp³-hybridized carbons (Fsp3) is 0.296. The molecule has 4 rings (SSSR count). The molecule has 3 aromatic carbocycles. The van der Waals surface area contributed by atoms with E-state index in [-0.39, 0.29) is 16.1 Å². The first-order valence-corrected chi connectivity index (χ1v) is 14.6. The van der Waals surface area contributed by atoms with Gasteiger partial charge in [0.2, 0.25) is 0 Å². The van der Waals surface area contributed by atoms with Gasteiger partial charge < -0.3 is 4.90 Å². The van der Waals surface area contributed by atoms with E-state index >= 15 is 0 Å². The number of non-ortho nitro benzene ring substituents is 1. The molecule has 0 aliphatic carbocycles. The normalized spacial score (nSPS) is 14.4. The zero-order chi connectivity index (χ0) is 27.3. The molecule has 1 N–H and O–H groups in total. The van der Waals surface area contributed by atoms with Crippen molar-refractivity contribution in [2.45, 2.75) is 35.4 Å². The number of rotatable bonds is 9. The summed E-state index contributed by atoms with van der Waals surface area (Å²) in [5.74, 6) is -0.800. The molecule has 0 spiro atoms. The van der Waals surface area contributed by atoms with Crippen LogP contribution in [-0.4, -0.2) is 55.6 Å². The Labute approximate surface area is 227 Å². The molecule has 11 heteroatoms. The second-order valence-electron chi connectivity index (χ2n) is 9.27. The molecule has 9 nitrogen and oxygen atoms in total. The van der Waals surface area contributed by atoms with Gasteiger partial charge in [0.1, 0.15) is 0 Å². The van der Waals surface area contributed by atoms with E-state index in [1.165, 1.54) is 28.7 Å². The van der Waals surface area contributed by atoms with Crippen molar-refractivity contribution in [1.82, 2.24) is 9.62 Å². The molecule has 0 atom stereocenters. The van der Waals surface area contributed by atoms with Crippen molar-refractivity contribution in [1.29, 1.82) is 0 Å². The van der Waals surface area contributed by atoms with Crippen molar-refractivity contribution >= 4 is 39.1 Å². The highest BCUT2D eigenvalue weighted by Crippen LogP contribution is 2.28. The Bertz CT molecular complexity index is 1400. The highest BCUT2D eigenvalue weighted by Gasteiger charge is 2.22. The van der Waals surface area contributed by atoms with Gasteiger partial charge in [-0.1, -0.05) is 38.1 Å². The summed E-state index contributed by atoms with van der Waals surface area (Å²) < 4.78 is 27.1. The second-order valence-corrected chi connectivity index (χ2v) is 12.6. The summed E-state index contributed by atoms with van der Waals surface area (Å²) in [6.07, 6.45) is 0. The lowest BCUT2D eigenvalue weighted by molar-refractivity contribution is -0.385. The van der Waals surface area contributed by atoms with Gasteiger partial charge in [0.25, 0.3) is 21.6 Å². The van der Waals surface area contributed by atoms with Crippen LogP contribution in [0.3, 0.4) is 0 Å². The number of anilines is 1. The predicted octanol–water partition coefficient (Wildman–Crippen LogP) is 4.54. The second kappa shape index (κ2) is 12.0. The van der Waals surface area contributed by atoms with Crippen LogP contribution in [0.25, 0.3) is 0 Å². The molecule has 0 saturated carbocycles. The van der Waals surface area contributed by atoms with Crippen molar-refractivity contribution in [3.05, 3.63) is 94.0 Å². The monoisotopic (exact) mass is 554 g/mol. The third kappa shape index (κ3) is 6.91. The number of amides is 1. The Kier molecular flexibility index (Phi) is 8.70. The molecule has 200 valence electrons. The van der Waals surface area contributed by atoms with E-state index < -0.39 is 20.9 Å². The molecule has 1 aliphatic heterocycles. The Morgan fingerprint density at radius 2 is 1.68 bits per heavy atom. The summed E-state index contributed by atoms with van der Waals surface area (Å²) in [6, 6.07) is 19.9. The van der Waals surface area contributed by atoms with Crippen LogP contribution >= 0.6 is 11.8 Å². The van der Waals surface area contributed by atoms with Crippen LogP contribution in [0.15, 0.2) is 82.6 Å². The fourth-order valence-corrected chi connectivity index (χ4v) is 6.20. The van der Waals surface area contributed by atoms with Crippen molar-refractivity contribution in [3.8, 4) is 0 Å². The summed E-state index contributed by atoms with van der Waals surface area (Å²) in [5.41, 5.74) is 2.11. The molecular formula is C27H30N4O5S2. The average Bonchev–Trinajstić information content (AvgIpc) is 2.90. The number of thioether (sulfide) groups is 1. The van der Waals surface area contributed by atoms with Crippen LogP contribution in [0.5, 0.6) is 0 Å². The summed E-state index contributed by atoms with van der Waals surface area (Å²) in [7, 11) is -4.26. The Hall–Kier alpha value is -3.41. The SMILES string of the molecule is CC(C)Sc1ccccc1CN1CCN(c2ccc(C(=O)NS(=O)(=O)c3cccc([N+](=O)[O-])c3)cc2)CC1. The first-order valence-electron chi connectivity index (χ1n) is 12.3. The van der Waals surface area contributed by atoms with Crippen LogP contribution in [0, 0.1) is 10.1 Å². The number of piperazine rings is 1. The Morgan fingerprint density at radius 3 is 2.34 bits per heavy atom. The van der Waals surface area contributed by atoms with Gasteiger partial charge in [0.15, 0.2) is 0 Å². The van der Waals surface area contributed by atoms with Gasteiger partial charge in [-0.05, 0) is 42.0 Å². The molecule has 1 amide bonds. The first kappa shape index (κ1) is 27.6. The lowest BCUT2D eigenvalue weighted by Gasteiger charge is -2.36. The number of benzene rings is 3. The minimum Gasteiger partial charge on any atom is -0.369 e. The molecule has 0 radical (unpaired) electrons. The molecule has 1 aliphatic rings. The van der Waals surface area contributed by atoms with Crippen LogP contribution in [0.1, 0.15) is 29.8 Å². The number of carbonyl (C=O) groups excluding carboxylic acids is 1. The Balaban J connectivity index is 1.34. The minimum atomic E-state index is -4.26. The molecule has 0 unspecified atom stereocenters. The van der Waals surface area contributed by atoms with E-state index in [9.17, 15) is 23.3 Å². The molecule has 38 heavy (non-hydrogen) atoms. The summed E-state index contributed by atoms with van der Waals surface area (Å²) in [5, 5.41) is 11.5. The van der Waals surface area contributed by atoms with Gasteiger partial charge in [-0.3, -0.25) is 19.8 Å². The van der Waals surface area contributed by atoms with Gasteiger partial charge in [0, 0.05) is 66.3 Å². The standard InChI is InChI=1S/C27H30N4O5S2/c1-20(2)37-26-9-4-3-6-22(26)19-29-14-16-30(17-15-29)23-12-10-21(11-13-23)27(32)28-38(35,36)25-8-5-7-24(18-25)31(33)34/h3-13,18,20H,14-17,19H2,1-2H3,(H,28,32). The zero-order valence-electron chi connectivity index (χ0n) is 21.2. The van der Waals surface area contributed by atoms with Crippen molar-refractivity contribution < 1.29 is 18.1 Å². The highest BCUT2D eigenvalue weighted by molar-refractivity contribution is 8.00. The molecule has 1 fully saturated rings. The number of nitrogens with one attached hydrogen (secondary N) is 1. The van der Waals surface area contributed by atoms with Gasteiger partial charge >= 0.3 is 0 Å². The van der Waals surface area contributed by atoms with E-state index in [2.05, 4.69) is 47.9 Å². The minimum absolute atomic E-state index is 0.181. The fourth-order valence-electron chi connectivity index (χ4n) is 4.24. The van der Waals surface area contributed by atoms with E-state index in [4.69, 9.17) is 0 Å².